The maximum Gasteiger partial charge on any atom is 0.173 e. The molecule has 0 aliphatic carbocycles. The lowest BCUT2D eigenvalue weighted by Crippen LogP contribution is -2.11. The summed E-state index contributed by atoms with van der Waals surface area (Å²) in [4.78, 5) is 13.8. The van der Waals surface area contributed by atoms with Crippen molar-refractivity contribution in [2.24, 2.45) is 5.11 Å². The first-order valence-electron chi connectivity index (χ1n) is 6.47. The second-order valence-corrected chi connectivity index (χ2v) is 4.31. The smallest absolute Gasteiger partial charge is 0.173 e. The fourth-order valence-corrected chi connectivity index (χ4v) is 1.70. The van der Waals surface area contributed by atoms with Gasteiger partial charge in [0.25, 0.3) is 0 Å². The van der Waals surface area contributed by atoms with Crippen molar-refractivity contribution in [3.05, 3.63) is 39.3 Å². The first-order chi connectivity index (χ1) is 10.5. The van der Waals surface area contributed by atoms with Crippen LogP contribution in [0.15, 0.2) is 5.11 Å². The molecule has 0 saturated carbocycles. The van der Waals surface area contributed by atoms with E-state index in [1.54, 1.807) is 0 Å². The summed E-state index contributed by atoms with van der Waals surface area (Å²) in [5.41, 5.74) is 5.35. The van der Waals surface area contributed by atoms with E-state index in [9.17, 15) is 22.4 Å². The summed E-state index contributed by atoms with van der Waals surface area (Å²) < 4.78 is 59.5. The molecule has 1 aromatic rings. The van der Waals surface area contributed by atoms with Crippen molar-refractivity contribution in [2.45, 2.75) is 26.2 Å². The Bertz CT molecular complexity index is 587. The fourth-order valence-electron chi connectivity index (χ4n) is 1.70. The molecule has 0 aromatic heterocycles. The van der Waals surface area contributed by atoms with Gasteiger partial charge in [0.1, 0.15) is 5.69 Å². The number of benzene rings is 1. The van der Waals surface area contributed by atoms with E-state index in [-0.39, 0.29) is 19.4 Å². The minimum atomic E-state index is -1.90. The number of hydrogen-bond acceptors (Lipinski definition) is 3. The lowest BCUT2D eigenvalue weighted by Gasteiger charge is -2.08. The topological polar surface area (TPSA) is 75.1 Å². The predicted octanol–water partition coefficient (Wildman–Crippen LogP) is 4.57. The van der Waals surface area contributed by atoms with E-state index in [1.165, 1.54) is 0 Å². The second kappa shape index (κ2) is 8.35. The maximum absolute atomic E-state index is 13.7. The summed E-state index contributed by atoms with van der Waals surface area (Å²) >= 11 is 0. The van der Waals surface area contributed by atoms with Crippen molar-refractivity contribution < 1.29 is 27.1 Å². The summed E-state index contributed by atoms with van der Waals surface area (Å²) in [7, 11) is 0. The molecule has 0 N–H and O–H groups in total. The van der Waals surface area contributed by atoms with Crippen LogP contribution >= 0.6 is 0 Å². The molecular weight excluding hydrogens is 306 g/mol. The summed E-state index contributed by atoms with van der Waals surface area (Å²) in [6, 6.07) is 0. The highest BCUT2D eigenvalue weighted by Gasteiger charge is 2.28. The Kier molecular flexibility index (Phi) is 6.81. The van der Waals surface area contributed by atoms with Crippen molar-refractivity contribution in [3.8, 4) is 0 Å². The van der Waals surface area contributed by atoms with E-state index in [0.29, 0.717) is 6.61 Å². The van der Waals surface area contributed by atoms with Gasteiger partial charge in [-0.1, -0.05) is 12.0 Å². The molecule has 0 unspecified atom stereocenters. The van der Waals surface area contributed by atoms with Gasteiger partial charge in [0, 0.05) is 24.5 Å². The highest BCUT2D eigenvalue weighted by atomic mass is 19.2. The molecule has 0 aliphatic rings. The molecule has 0 heterocycles. The van der Waals surface area contributed by atoms with Crippen molar-refractivity contribution >= 4 is 11.5 Å². The fraction of sp³-hybridized carbons (Fsp3) is 0.462. The van der Waals surface area contributed by atoms with E-state index in [1.807, 2.05) is 6.92 Å². The van der Waals surface area contributed by atoms with Crippen LogP contribution in [0.2, 0.25) is 0 Å². The molecule has 120 valence electrons. The molecule has 1 rings (SSSR count). The molecule has 0 bridgehead atoms. The average molecular weight is 319 g/mol. The van der Waals surface area contributed by atoms with Gasteiger partial charge in [0.15, 0.2) is 29.1 Å². The quantitative estimate of drug-likeness (QED) is 0.134. The number of hydrogen-bond donors (Lipinski definition) is 0. The molecule has 0 aliphatic heterocycles. The third-order valence-corrected chi connectivity index (χ3v) is 2.70. The zero-order chi connectivity index (χ0) is 16.7. The molecule has 1 aromatic carbocycles. The molecule has 0 atom stereocenters. The number of carbonyl (C=O) groups excluding carboxylic acids is 1. The third kappa shape index (κ3) is 3.96. The molecular formula is C13H13F4N3O2. The number of rotatable bonds is 8. The first-order valence-corrected chi connectivity index (χ1v) is 6.47. The Morgan fingerprint density at radius 1 is 1.14 bits per heavy atom. The zero-order valence-electron chi connectivity index (χ0n) is 11.7. The lowest BCUT2D eigenvalue weighted by atomic mass is 10.0. The van der Waals surface area contributed by atoms with E-state index in [2.05, 4.69) is 10.0 Å². The Hall–Kier alpha value is -2.12. The van der Waals surface area contributed by atoms with Gasteiger partial charge in [-0.2, -0.15) is 0 Å². The first kappa shape index (κ1) is 17.9. The van der Waals surface area contributed by atoms with Gasteiger partial charge >= 0.3 is 0 Å². The minimum Gasteiger partial charge on any atom is -0.381 e. The van der Waals surface area contributed by atoms with Crippen LogP contribution in [0.1, 0.15) is 36.5 Å². The minimum absolute atomic E-state index is 0.152. The Morgan fingerprint density at radius 2 is 1.73 bits per heavy atom. The molecule has 0 amide bonds. The number of halogens is 4. The number of nitrogens with zero attached hydrogens (tertiary/aromatic N) is 3. The average Bonchev–Trinajstić information content (AvgIpc) is 2.49. The largest absolute Gasteiger partial charge is 0.381 e. The van der Waals surface area contributed by atoms with Gasteiger partial charge in [-0.15, -0.1) is 0 Å². The van der Waals surface area contributed by atoms with E-state index < -0.39 is 40.3 Å². The monoisotopic (exact) mass is 319 g/mol. The maximum atomic E-state index is 13.7. The summed E-state index contributed by atoms with van der Waals surface area (Å²) in [6.45, 7) is 2.54. The lowest BCUT2D eigenvalue weighted by molar-refractivity contribution is 0.0928. The van der Waals surface area contributed by atoms with Crippen molar-refractivity contribution in [1.82, 2.24) is 0 Å². The normalized spacial score (nSPS) is 10.4. The van der Waals surface area contributed by atoms with E-state index in [0.717, 1.165) is 6.42 Å². The highest BCUT2D eigenvalue weighted by molar-refractivity contribution is 5.97. The molecule has 0 fully saturated rings. The van der Waals surface area contributed by atoms with Gasteiger partial charge < -0.3 is 4.74 Å². The third-order valence-electron chi connectivity index (χ3n) is 2.70. The molecule has 5 nitrogen and oxygen atoms in total. The van der Waals surface area contributed by atoms with Crippen LogP contribution in [0.4, 0.5) is 23.2 Å². The van der Waals surface area contributed by atoms with Crippen LogP contribution in [0.3, 0.4) is 0 Å². The Labute approximate surface area is 123 Å². The van der Waals surface area contributed by atoms with Crippen molar-refractivity contribution in [3.63, 3.8) is 0 Å². The number of ketones is 1. The number of ether oxygens (including phenoxy) is 1. The standard InChI is InChI=1S/C13H13F4N3O2/c1-2-5-22-6-3-4-7(21)8-9(14)11(16)13(19-20-18)12(17)10(8)15/h2-6H2,1H3. The van der Waals surface area contributed by atoms with Crippen LogP contribution in [0.25, 0.3) is 10.4 Å². The van der Waals surface area contributed by atoms with Crippen LogP contribution in [0.5, 0.6) is 0 Å². The van der Waals surface area contributed by atoms with Gasteiger partial charge in [0.2, 0.25) is 0 Å². The van der Waals surface area contributed by atoms with Crippen LogP contribution < -0.4 is 0 Å². The van der Waals surface area contributed by atoms with Gasteiger partial charge in [-0.05, 0) is 18.4 Å². The number of carbonyl (C=O) groups is 1. The number of Topliss-reactive ketones (excluding diaryl/α,β-unsaturated/α-hetero) is 1. The SMILES string of the molecule is CCCOCCCC(=O)c1c(F)c(F)c(N=[N+]=[N-])c(F)c1F. The zero-order valence-corrected chi connectivity index (χ0v) is 11.7. The molecule has 0 spiro atoms. The van der Waals surface area contributed by atoms with Gasteiger partial charge in [0.05, 0.1) is 5.56 Å². The molecule has 9 heteroatoms. The Morgan fingerprint density at radius 3 is 2.23 bits per heavy atom. The predicted molar refractivity (Wildman–Crippen MR) is 69.8 cm³/mol. The second-order valence-electron chi connectivity index (χ2n) is 4.31. The summed E-state index contributed by atoms with van der Waals surface area (Å²) in [6.07, 6.45) is 0.588. The van der Waals surface area contributed by atoms with E-state index >= 15 is 0 Å². The van der Waals surface area contributed by atoms with E-state index in [4.69, 9.17) is 10.3 Å². The van der Waals surface area contributed by atoms with Gasteiger partial charge in [-0.3, -0.25) is 4.79 Å². The van der Waals surface area contributed by atoms with Crippen molar-refractivity contribution in [2.75, 3.05) is 13.2 Å². The van der Waals surface area contributed by atoms with Crippen molar-refractivity contribution in [1.29, 1.82) is 0 Å². The van der Waals surface area contributed by atoms with Gasteiger partial charge in [-0.25, -0.2) is 17.6 Å². The summed E-state index contributed by atoms with van der Waals surface area (Å²) in [5, 5.41) is 2.54. The highest BCUT2D eigenvalue weighted by Crippen LogP contribution is 2.31. The Balaban J connectivity index is 3.00. The molecule has 0 radical (unpaired) electrons. The summed E-state index contributed by atoms with van der Waals surface area (Å²) in [5.74, 6) is -8.65. The van der Waals surface area contributed by atoms with Crippen LogP contribution in [0, 0.1) is 23.3 Å². The number of azide groups is 1. The van der Waals surface area contributed by atoms with Crippen LogP contribution in [-0.2, 0) is 4.74 Å². The molecule has 0 saturated heterocycles. The molecule has 22 heavy (non-hydrogen) atoms. The van der Waals surface area contributed by atoms with Crippen LogP contribution in [-0.4, -0.2) is 19.0 Å².